The molecule has 0 aliphatic heterocycles. The minimum absolute atomic E-state index is 0.264. The molecule has 5 rings (SSSR count). The highest BCUT2D eigenvalue weighted by Gasteiger charge is 2.16. The molecule has 0 atom stereocenters. The summed E-state index contributed by atoms with van der Waals surface area (Å²) in [7, 11) is 0. The maximum Gasteiger partial charge on any atom is 0.287 e. The molecule has 0 bridgehead atoms. The third-order valence-electron chi connectivity index (χ3n) is 4.91. The van der Waals surface area contributed by atoms with Crippen LogP contribution in [0.3, 0.4) is 0 Å². The number of hydrogen-bond donors (Lipinski definition) is 3. The number of hydrogen-bond acceptors (Lipinski definition) is 6. The van der Waals surface area contributed by atoms with E-state index >= 15 is 0 Å². The van der Waals surface area contributed by atoms with Crippen molar-refractivity contribution in [3.8, 4) is 22.8 Å². The highest BCUT2D eigenvalue weighted by atomic mass is 16.5. The number of aromatic nitrogens is 6. The summed E-state index contributed by atoms with van der Waals surface area (Å²) in [4.78, 5) is 31.9. The summed E-state index contributed by atoms with van der Waals surface area (Å²) in [6.07, 6.45) is 1.69. The molecule has 0 saturated carbocycles. The minimum Gasteiger partial charge on any atom is -0.351 e. The van der Waals surface area contributed by atoms with Gasteiger partial charge in [-0.2, -0.15) is 4.98 Å². The number of aromatic amines is 2. The number of carbonyl (C=O) groups is 1. The van der Waals surface area contributed by atoms with Gasteiger partial charge in [0, 0.05) is 28.4 Å². The van der Waals surface area contributed by atoms with Crippen LogP contribution in [-0.2, 0) is 6.54 Å². The molecule has 31 heavy (non-hydrogen) atoms. The Morgan fingerprint density at radius 2 is 2.00 bits per heavy atom. The number of benzene rings is 1. The monoisotopic (exact) mass is 413 g/mol. The molecule has 0 aliphatic carbocycles. The molecule has 9 nitrogen and oxygen atoms in total. The van der Waals surface area contributed by atoms with Gasteiger partial charge in [-0.3, -0.25) is 9.78 Å². The van der Waals surface area contributed by atoms with Crippen LogP contribution in [0.4, 0.5) is 0 Å². The Kier molecular flexibility index (Phi) is 4.55. The number of carbonyl (C=O) groups excluding carboxylic acids is 1. The summed E-state index contributed by atoms with van der Waals surface area (Å²) in [6, 6.07) is 13.5. The molecule has 0 fully saturated rings. The highest BCUT2D eigenvalue weighted by molar-refractivity contribution is 5.92. The third-order valence-corrected chi connectivity index (χ3v) is 4.91. The highest BCUT2D eigenvalue weighted by Crippen LogP contribution is 2.28. The van der Waals surface area contributed by atoms with Gasteiger partial charge < -0.3 is 19.8 Å². The van der Waals surface area contributed by atoms with Crippen molar-refractivity contribution in [3.63, 3.8) is 0 Å². The van der Waals surface area contributed by atoms with Crippen LogP contribution in [0.15, 0.2) is 53.2 Å². The van der Waals surface area contributed by atoms with Gasteiger partial charge in [-0.15, -0.1) is 0 Å². The van der Waals surface area contributed by atoms with Crippen molar-refractivity contribution in [2.24, 2.45) is 0 Å². The van der Waals surface area contributed by atoms with E-state index in [1.54, 1.807) is 13.1 Å². The van der Waals surface area contributed by atoms with Crippen molar-refractivity contribution in [2.75, 3.05) is 0 Å². The number of nitrogens with zero attached hydrogens (tertiary/aromatic N) is 4. The zero-order chi connectivity index (χ0) is 21.4. The van der Waals surface area contributed by atoms with Crippen LogP contribution in [0.5, 0.6) is 0 Å². The minimum atomic E-state index is -0.281. The summed E-state index contributed by atoms with van der Waals surface area (Å²) in [5.41, 5.74) is 4.91. The first-order chi connectivity index (χ1) is 15.1. The van der Waals surface area contributed by atoms with Crippen LogP contribution in [0.1, 0.15) is 27.8 Å². The van der Waals surface area contributed by atoms with Gasteiger partial charge >= 0.3 is 0 Å². The molecule has 154 valence electrons. The molecule has 0 spiro atoms. The number of nitrogens with one attached hydrogen (secondary N) is 3. The number of amides is 1. The smallest absolute Gasteiger partial charge is 0.287 e. The number of pyridine rings is 1. The Hall–Kier alpha value is -4.27. The zero-order valence-corrected chi connectivity index (χ0v) is 16.9. The third kappa shape index (κ3) is 3.68. The fourth-order valence-corrected chi connectivity index (χ4v) is 3.41. The molecule has 0 radical (unpaired) electrons. The van der Waals surface area contributed by atoms with Gasteiger partial charge in [0.05, 0.1) is 17.9 Å². The molecule has 3 N–H and O–H groups in total. The van der Waals surface area contributed by atoms with Crippen molar-refractivity contribution in [3.05, 3.63) is 71.7 Å². The van der Waals surface area contributed by atoms with Crippen LogP contribution in [0, 0.1) is 13.8 Å². The predicted molar refractivity (Wildman–Crippen MR) is 114 cm³/mol. The molecule has 9 heteroatoms. The van der Waals surface area contributed by atoms with Crippen LogP contribution in [0.2, 0.25) is 0 Å². The summed E-state index contributed by atoms with van der Waals surface area (Å²) >= 11 is 0. The largest absolute Gasteiger partial charge is 0.351 e. The van der Waals surface area contributed by atoms with Gasteiger partial charge in [0.1, 0.15) is 5.69 Å². The number of aryl methyl sites for hydroxylation is 2. The van der Waals surface area contributed by atoms with Gasteiger partial charge in [-0.25, -0.2) is 4.98 Å². The maximum absolute atomic E-state index is 12.5. The number of imidazole rings is 1. The van der Waals surface area contributed by atoms with E-state index in [1.807, 2.05) is 49.4 Å². The predicted octanol–water partition coefficient (Wildman–Crippen LogP) is 3.55. The molecular formula is C22H19N7O2. The summed E-state index contributed by atoms with van der Waals surface area (Å²) in [6.45, 7) is 4.01. The molecular weight excluding hydrogens is 394 g/mol. The Morgan fingerprint density at radius 1 is 1.10 bits per heavy atom. The quantitative estimate of drug-likeness (QED) is 0.405. The molecule has 0 unspecified atom stereocenters. The van der Waals surface area contributed by atoms with Gasteiger partial charge in [-0.05, 0) is 44.2 Å². The average Bonchev–Trinajstić information content (AvgIpc) is 3.50. The first-order valence-electron chi connectivity index (χ1n) is 9.75. The molecule has 5 aromatic rings. The second-order valence-corrected chi connectivity index (χ2v) is 7.19. The summed E-state index contributed by atoms with van der Waals surface area (Å²) in [5.74, 6) is 1.00. The van der Waals surface area contributed by atoms with E-state index in [0.717, 1.165) is 39.2 Å². The zero-order valence-electron chi connectivity index (χ0n) is 16.9. The average molecular weight is 413 g/mol. The van der Waals surface area contributed by atoms with Crippen LogP contribution >= 0.6 is 0 Å². The first-order valence-corrected chi connectivity index (χ1v) is 9.75. The van der Waals surface area contributed by atoms with Crippen LogP contribution in [0.25, 0.3) is 33.7 Å². The maximum atomic E-state index is 12.5. The lowest BCUT2D eigenvalue weighted by atomic mass is 10.1. The second kappa shape index (κ2) is 7.52. The first kappa shape index (κ1) is 18.7. The molecule has 0 saturated heterocycles. The normalized spacial score (nSPS) is 11.2. The molecule has 0 aliphatic rings. The lowest BCUT2D eigenvalue weighted by molar-refractivity contribution is 0.0941. The Labute approximate surface area is 176 Å². The summed E-state index contributed by atoms with van der Waals surface area (Å²) < 4.78 is 5.24. The van der Waals surface area contributed by atoms with Crippen LogP contribution in [-0.4, -0.2) is 36.0 Å². The Balaban J connectivity index is 1.39. The SMILES string of the molecule is Cc1noc(-c2cc3cc(-c4nc(C(=O)NCc5ccccn5)[nH]c4C)ccc3[nH]2)n1. The van der Waals surface area contributed by atoms with E-state index in [0.29, 0.717) is 18.3 Å². The van der Waals surface area contributed by atoms with E-state index < -0.39 is 0 Å². The molecule has 4 aromatic heterocycles. The van der Waals surface area contributed by atoms with E-state index in [-0.39, 0.29) is 11.7 Å². The fraction of sp³-hybridized carbons (Fsp3) is 0.136. The molecule has 4 heterocycles. The van der Waals surface area contributed by atoms with Gasteiger partial charge in [0.15, 0.2) is 11.6 Å². The molecule has 1 amide bonds. The number of fused-ring (bicyclic) bond motifs is 1. The van der Waals surface area contributed by atoms with E-state index in [9.17, 15) is 4.79 Å². The Bertz CT molecular complexity index is 1380. The number of rotatable bonds is 5. The van der Waals surface area contributed by atoms with Gasteiger partial charge in [-0.1, -0.05) is 17.3 Å². The lowest BCUT2D eigenvalue weighted by Gasteiger charge is -2.02. The van der Waals surface area contributed by atoms with E-state index in [2.05, 4.69) is 35.4 Å². The van der Waals surface area contributed by atoms with Gasteiger partial charge in [0.25, 0.3) is 11.8 Å². The van der Waals surface area contributed by atoms with E-state index in [4.69, 9.17) is 4.52 Å². The lowest BCUT2D eigenvalue weighted by Crippen LogP contribution is -2.24. The Morgan fingerprint density at radius 3 is 2.77 bits per heavy atom. The van der Waals surface area contributed by atoms with Crippen molar-refractivity contribution < 1.29 is 9.32 Å². The van der Waals surface area contributed by atoms with E-state index in [1.165, 1.54) is 0 Å². The van der Waals surface area contributed by atoms with Crippen LogP contribution < -0.4 is 5.32 Å². The standard InChI is InChI=1S/C22H19N7O2/c1-12-19(28-20(25-12)21(30)24-11-16-5-3-4-8-23-16)14-6-7-17-15(9-14)10-18(27-17)22-26-13(2)29-31-22/h3-10,27H,11H2,1-2H3,(H,24,30)(H,25,28). The van der Waals surface area contributed by atoms with Crippen molar-refractivity contribution >= 4 is 16.8 Å². The van der Waals surface area contributed by atoms with Crippen molar-refractivity contribution in [1.29, 1.82) is 0 Å². The van der Waals surface area contributed by atoms with Gasteiger partial charge in [0.2, 0.25) is 0 Å². The topological polar surface area (TPSA) is 125 Å². The fourth-order valence-electron chi connectivity index (χ4n) is 3.41. The van der Waals surface area contributed by atoms with Crippen molar-refractivity contribution in [1.82, 2.24) is 35.4 Å². The number of H-pyrrole nitrogens is 2. The summed E-state index contributed by atoms with van der Waals surface area (Å²) in [5, 5.41) is 7.65. The molecule has 1 aromatic carbocycles. The second-order valence-electron chi connectivity index (χ2n) is 7.19. The van der Waals surface area contributed by atoms with Crippen molar-refractivity contribution in [2.45, 2.75) is 20.4 Å².